The summed E-state index contributed by atoms with van der Waals surface area (Å²) < 4.78 is 11.4. The molecule has 0 spiro atoms. The van der Waals surface area contributed by atoms with E-state index >= 15 is 0 Å². The molecule has 6 aromatic carbocycles. The molecule has 0 aromatic heterocycles. The third kappa shape index (κ3) is 7.57. The van der Waals surface area contributed by atoms with Gasteiger partial charge in [-0.05, 0) is 45.0 Å². The van der Waals surface area contributed by atoms with E-state index in [1.54, 1.807) is 0 Å². The van der Waals surface area contributed by atoms with E-state index in [0.717, 1.165) is 38.9 Å². The van der Waals surface area contributed by atoms with Crippen molar-refractivity contribution in [3.05, 3.63) is 195 Å². The van der Waals surface area contributed by atoms with Gasteiger partial charge in [-0.2, -0.15) is 0 Å². The van der Waals surface area contributed by atoms with Crippen LogP contribution in [0.3, 0.4) is 0 Å². The molecule has 1 aliphatic carbocycles. The van der Waals surface area contributed by atoms with Gasteiger partial charge in [0.05, 0.1) is 21.5 Å². The van der Waals surface area contributed by atoms with Crippen molar-refractivity contribution in [3.8, 4) is 16.9 Å². The Kier molecular flexibility index (Phi) is 11.0. The summed E-state index contributed by atoms with van der Waals surface area (Å²) in [5.74, 6) is -1.85. The Labute approximate surface area is 327 Å². The first-order chi connectivity index (χ1) is 26.2. The molecule has 0 bridgehead atoms. The third-order valence-corrected chi connectivity index (χ3v) is 10.5. The van der Waals surface area contributed by atoms with Crippen molar-refractivity contribution in [2.75, 3.05) is 6.61 Å². The second-order valence-electron chi connectivity index (χ2n) is 12.7. The van der Waals surface area contributed by atoms with Crippen LogP contribution in [0.25, 0.3) is 11.1 Å². The first-order valence-corrected chi connectivity index (χ1v) is 18.3. The van der Waals surface area contributed by atoms with Crippen molar-refractivity contribution in [2.45, 2.75) is 23.9 Å². The minimum Gasteiger partial charge on any atom is -0.449 e. The highest BCUT2D eigenvalue weighted by atomic mass is 35.5. The summed E-state index contributed by atoms with van der Waals surface area (Å²) in [5, 5.41) is 6.09. The van der Waals surface area contributed by atoms with Gasteiger partial charge in [0.1, 0.15) is 18.2 Å². The lowest BCUT2D eigenvalue weighted by molar-refractivity contribution is -0.139. The molecular formula is C44H33Cl3N2O5. The van der Waals surface area contributed by atoms with E-state index in [4.69, 9.17) is 44.3 Å². The predicted octanol–water partition coefficient (Wildman–Crippen LogP) is 9.96. The van der Waals surface area contributed by atoms with Gasteiger partial charge in [-0.15, -0.1) is 0 Å². The van der Waals surface area contributed by atoms with Crippen LogP contribution in [0.5, 0.6) is 5.75 Å². The van der Waals surface area contributed by atoms with Gasteiger partial charge in [0.15, 0.2) is 5.75 Å². The summed E-state index contributed by atoms with van der Waals surface area (Å²) in [4.78, 5) is 41.8. The molecule has 270 valence electrons. The summed E-state index contributed by atoms with van der Waals surface area (Å²) in [6, 6.07) is 45.6. The van der Waals surface area contributed by atoms with E-state index in [-0.39, 0.29) is 33.3 Å². The van der Waals surface area contributed by atoms with Gasteiger partial charge >= 0.3 is 12.1 Å². The Morgan fingerprint density at radius 3 is 1.59 bits per heavy atom. The van der Waals surface area contributed by atoms with Crippen molar-refractivity contribution in [1.82, 2.24) is 10.6 Å². The quantitative estimate of drug-likeness (QED) is 0.0592. The second-order valence-corrected chi connectivity index (χ2v) is 14.0. The molecule has 2 N–H and O–H groups in total. The predicted molar refractivity (Wildman–Crippen MR) is 211 cm³/mol. The molecule has 10 heteroatoms. The molecular weight excluding hydrogens is 743 g/mol. The molecule has 54 heavy (non-hydrogen) atoms. The highest BCUT2D eigenvalue weighted by Gasteiger charge is 2.39. The van der Waals surface area contributed by atoms with Crippen LogP contribution < -0.4 is 15.4 Å². The maximum absolute atomic E-state index is 14.4. The van der Waals surface area contributed by atoms with Crippen molar-refractivity contribution < 1.29 is 23.9 Å². The minimum atomic E-state index is -1.51. The topological polar surface area (TPSA) is 93.7 Å². The fourth-order valence-corrected chi connectivity index (χ4v) is 7.54. The summed E-state index contributed by atoms with van der Waals surface area (Å²) >= 11 is 18.7. The number of hydrogen-bond donors (Lipinski definition) is 2. The van der Waals surface area contributed by atoms with Crippen molar-refractivity contribution in [3.63, 3.8) is 0 Å². The number of esters is 1. The molecule has 0 fully saturated rings. The molecule has 6 aromatic rings. The van der Waals surface area contributed by atoms with Gasteiger partial charge in [-0.25, -0.2) is 9.59 Å². The molecule has 0 aliphatic heterocycles. The van der Waals surface area contributed by atoms with Crippen LogP contribution in [0.15, 0.2) is 152 Å². The Bertz CT molecular complexity index is 2160. The van der Waals surface area contributed by atoms with Crippen LogP contribution in [-0.4, -0.2) is 30.6 Å². The highest BCUT2D eigenvalue weighted by molar-refractivity contribution is 6.43. The lowest BCUT2D eigenvalue weighted by atomic mass is 9.77. The standard InChI is InChI=1S/C44H33Cl3N2O5/c45-36-24-38(47)40(25-37(36)46)54-42(51)39(48-43(52)53-27-35-33-22-12-10-20-31(33)32-21-11-13-23-34(32)35)26-41(50)49-44(28-14-4-1-5-15-28,29-16-6-2-7-17-29)30-18-8-3-9-19-30/h1-25,35,39H,26-27H2,(H,48,52)(H,49,50)/t39-/m0/s1. The molecule has 1 aliphatic rings. The number of fused-ring (bicyclic) bond motifs is 3. The number of hydrogen-bond acceptors (Lipinski definition) is 5. The van der Waals surface area contributed by atoms with Gasteiger partial charge in [0.2, 0.25) is 5.91 Å². The van der Waals surface area contributed by atoms with Crippen LogP contribution in [-0.2, 0) is 19.9 Å². The minimum absolute atomic E-state index is 0.00836. The molecule has 0 radical (unpaired) electrons. The zero-order chi connectivity index (χ0) is 37.7. The van der Waals surface area contributed by atoms with E-state index in [0.29, 0.717) is 0 Å². The molecule has 2 amide bonds. The SMILES string of the molecule is O=C(C[C@H](NC(=O)OCC1c2ccccc2-c2ccccc21)C(=O)Oc1cc(Cl)c(Cl)cc1Cl)NC(c1ccccc1)(c1ccccc1)c1ccccc1. The fourth-order valence-electron chi connectivity index (χ4n) is 6.96. The molecule has 7 nitrogen and oxygen atoms in total. The lowest BCUT2D eigenvalue weighted by Gasteiger charge is -2.37. The first kappa shape index (κ1) is 36.7. The average Bonchev–Trinajstić information content (AvgIpc) is 3.52. The van der Waals surface area contributed by atoms with E-state index in [2.05, 4.69) is 10.6 Å². The van der Waals surface area contributed by atoms with Gasteiger partial charge < -0.3 is 20.1 Å². The van der Waals surface area contributed by atoms with E-state index in [1.165, 1.54) is 12.1 Å². The number of alkyl carbamates (subject to hydrolysis) is 1. The van der Waals surface area contributed by atoms with Crippen molar-refractivity contribution >= 4 is 52.8 Å². The Morgan fingerprint density at radius 2 is 1.07 bits per heavy atom. The molecule has 0 saturated carbocycles. The van der Waals surface area contributed by atoms with Crippen LogP contribution in [0.1, 0.15) is 40.2 Å². The zero-order valence-corrected chi connectivity index (χ0v) is 30.9. The third-order valence-electron chi connectivity index (χ3n) is 9.44. The van der Waals surface area contributed by atoms with Gasteiger partial charge in [0.25, 0.3) is 0 Å². The zero-order valence-electron chi connectivity index (χ0n) is 28.7. The molecule has 0 saturated heterocycles. The number of carbonyl (C=O) groups is 3. The van der Waals surface area contributed by atoms with E-state index < -0.39 is 36.0 Å². The van der Waals surface area contributed by atoms with E-state index in [1.807, 2.05) is 140 Å². The molecule has 0 heterocycles. The lowest BCUT2D eigenvalue weighted by Crippen LogP contribution is -2.51. The maximum atomic E-state index is 14.4. The van der Waals surface area contributed by atoms with Crippen molar-refractivity contribution in [2.24, 2.45) is 0 Å². The number of nitrogens with one attached hydrogen (secondary N) is 2. The van der Waals surface area contributed by atoms with Gasteiger partial charge in [-0.3, -0.25) is 4.79 Å². The highest BCUT2D eigenvalue weighted by Crippen LogP contribution is 2.44. The fraction of sp³-hybridized carbons (Fsp3) is 0.114. The maximum Gasteiger partial charge on any atom is 0.407 e. The smallest absolute Gasteiger partial charge is 0.407 e. The van der Waals surface area contributed by atoms with Crippen LogP contribution >= 0.6 is 34.8 Å². The number of rotatable bonds is 11. The largest absolute Gasteiger partial charge is 0.449 e. The number of amides is 2. The Morgan fingerprint density at radius 1 is 0.611 bits per heavy atom. The average molecular weight is 776 g/mol. The van der Waals surface area contributed by atoms with Crippen molar-refractivity contribution in [1.29, 1.82) is 0 Å². The summed E-state index contributed by atoms with van der Waals surface area (Å²) in [7, 11) is 0. The number of halogens is 3. The molecule has 1 atom stereocenters. The monoisotopic (exact) mass is 774 g/mol. The summed E-state index contributed by atoms with van der Waals surface area (Å²) in [5.41, 5.74) is 5.35. The first-order valence-electron chi connectivity index (χ1n) is 17.2. The number of benzene rings is 6. The summed E-state index contributed by atoms with van der Waals surface area (Å²) in [6.45, 7) is -0.00836. The van der Waals surface area contributed by atoms with Gasteiger partial charge in [0, 0.05) is 12.0 Å². The molecule has 0 unspecified atom stereocenters. The molecule has 7 rings (SSSR count). The summed E-state index contributed by atoms with van der Waals surface area (Å²) in [6.07, 6.45) is -1.43. The second kappa shape index (κ2) is 16.2. The van der Waals surface area contributed by atoms with Crippen LogP contribution in [0.2, 0.25) is 15.1 Å². The Hall–Kier alpha value is -5.60. The normalized spacial score (nSPS) is 12.6. The number of ether oxygens (including phenoxy) is 2. The van der Waals surface area contributed by atoms with Crippen LogP contribution in [0.4, 0.5) is 4.79 Å². The number of carbonyl (C=O) groups excluding carboxylic acids is 3. The van der Waals surface area contributed by atoms with Crippen LogP contribution in [0, 0.1) is 0 Å². The Balaban J connectivity index is 1.18. The van der Waals surface area contributed by atoms with E-state index in [9.17, 15) is 14.4 Å². The van der Waals surface area contributed by atoms with Gasteiger partial charge in [-0.1, -0.05) is 174 Å².